The number of nitrogens with zero attached hydrogens (tertiary/aromatic N) is 1. The molecule has 3 rings (SSSR count). The summed E-state index contributed by atoms with van der Waals surface area (Å²) in [5.74, 6) is 0.272. The van der Waals surface area contributed by atoms with E-state index in [-0.39, 0.29) is 17.4 Å². The number of fused-ring (bicyclic) bond motifs is 1. The van der Waals surface area contributed by atoms with Gasteiger partial charge in [0.2, 0.25) is 5.91 Å². The van der Waals surface area contributed by atoms with Crippen molar-refractivity contribution in [3.05, 3.63) is 64.2 Å². The molecular weight excluding hydrogens is 317 g/mol. The van der Waals surface area contributed by atoms with Crippen LogP contribution in [-0.4, -0.2) is 15.9 Å². The number of rotatable bonds is 4. The normalized spacial score (nSPS) is 10.9. The molecule has 4 nitrogen and oxygen atoms in total. The van der Waals surface area contributed by atoms with E-state index in [4.69, 9.17) is 11.6 Å². The van der Waals surface area contributed by atoms with Crippen LogP contribution in [0, 0.1) is 12.7 Å². The van der Waals surface area contributed by atoms with Crippen LogP contribution < -0.4 is 5.32 Å². The molecule has 1 heterocycles. The van der Waals surface area contributed by atoms with Crippen LogP contribution in [0.3, 0.4) is 0 Å². The van der Waals surface area contributed by atoms with Crippen LogP contribution in [0.1, 0.15) is 17.0 Å². The molecule has 1 amide bonds. The molecule has 0 atom stereocenters. The minimum absolute atomic E-state index is 0.116. The van der Waals surface area contributed by atoms with Gasteiger partial charge in [-0.2, -0.15) is 0 Å². The average molecular weight is 332 g/mol. The van der Waals surface area contributed by atoms with Gasteiger partial charge in [0.05, 0.1) is 17.5 Å². The van der Waals surface area contributed by atoms with E-state index in [0.29, 0.717) is 12.1 Å². The lowest BCUT2D eigenvalue weighted by molar-refractivity contribution is -0.120. The van der Waals surface area contributed by atoms with Crippen molar-refractivity contribution < 1.29 is 9.18 Å². The van der Waals surface area contributed by atoms with Gasteiger partial charge in [-0.1, -0.05) is 23.7 Å². The van der Waals surface area contributed by atoms with Gasteiger partial charge in [0.15, 0.2) is 0 Å². The Balaban J connectivity index is 1.63. The summed E-state index contributed by atoms with van der Waals surface area (Å²) in [7, 11) is 0. The van der Waals surface area contributed by atoms with Gasteiger partial charge in [0, 0.05) is 11.6 Å². The molecule has 0 radical (unpaired) electrons. The summed E-state index contributed by atoms with van der Waals surface area (Å²) in [6.07, 6.45) is 0.116. The lowest BCUT2D eigenvalue weighted by Crippen LogP contribution is -2.24. The molecule has 3 aromatic rings. The largest absolute Gasteiger partial charge is 0.352 e. The maximum Gasteiger partial charge on any atom is 0.224 e. The van der Waals surface area contributed by atoms with E-state index in [9.17, 15) is 9.18 Å². The van der Waals surface area contributed by atoms with Gasteiger partial charge < -0.3 is 10.3 Å². The SMILES string of the molecule is Cc1nc2ccc(CNC(=O)Cc3ccc(F)cc3Cl)cc2[nH]1. The van der Waals surface area contributed by atoms with Crippen LogP contribution in [0.5, 0.6) is 0 Å². The van der Waals surface area contributed by atoms with Gasteiger partial charge in [0.25, 0.3) is 0 Å². The fourth-order valence-electron chi connectivity index (χ4n) is 2.40. The number of aryl methyl sites for hydroxylation is 1. The first-order valence-electron chi connectivity index (χ1n) is 7.17. The Morgan fingerprint density at radius 1 is 1.30 bits per heavy atom. The van der Waals surface area contributed by atoms with E-state index in [1.54, 1.807) is 0 Å². The number of carbonyl (C=O) groups is 1. The van der Waals surface area contributed by atoms with Crippen LogP contribution in [0.4, 0.5) is 4.39 Å². The van der Waals surface area contributed by atoms with Crippen molar-refractivity contribution in [3.8, 4) is 0 Å². The van der Waals surface area contributed by atoms with Crippen molar-refractivity contribution in [3.63, 3.8) is 0 Å². The predicted molar refractivity (Wildman–Crippen MR) is 87.8 cm³/mol. The number of hydrogen-bond donors (Lipinski definition) is 2. The molecule has 0 aliphatic heterocycles. The third kappa shape index (κ3) is 3.68. The third-order valence-corrected chi connectivity index (χ3v) is 3.87. The van der Waals surface area contributed by atoms with E-state index >= 15 is 0 Å². The van der Waals surface area contributed by atoms with Crippen molar-refractivity contribution in [2.24, 2.45) is 0 Å². The lowest BCUT2D eigenvalue weighted by atomic mass is 10.1. The molecule has 2 aromatic carbocycles. The van der Waals surface area contributed by atoms with Crippen LogP contribution in [0.25, 0.3) is 11.0 Å². The summed E-state index contributed by atoms with van der Waals surface area (Å²) < 4.78 is 13.0. The van der Waals surface area contributed by atoms with Crippen molar-refractivity contribution in [2.45, 2.75) is 19.9 Å². The monoisotopic (exact) mass is 331 g/mol. The number of benzene rings is 2. The summed E-state index contributed by atoms with van der Waals surface area (Å²) in [6.45, 7) is 2.31. The maximum absolute atomic E-state index is 13.0. The first kappa shape index (κ1) is 15.5. The predicted octanol–water partition coefficient (Wildman–Crippen LogP) is 3.52. The Morgan fingerprint density at radius 3 is 2.91 bits per heavy atom. The molecule has 0 aliphatic rings. The molecule has 6 heteroatoms. The molecule has 0 aliphatic carbocycles. The Kier molecular flexibility index (Phi) is 4.30. The standard InChI is InChI=1S/C17H15ClFN3O/c1-10-21-15-5-2-11(6-16(15)22-10)9-20-17(23)7-12-3-4-13(19)8-14(12)18/h2-6,8H,7,9H2,1H3,(H,20,23)(H,21,22). The number of H-pyrrole nitrogens is 1. The molecule has 1 aromatic heterocycles. The van der Waals surface area contributed by atoms with E-state index < -0.39 is 5.82 Å². The maximum atomic E-state index is 13.0. The third-order valence-electron chi connectivity index (χ3n) is 3.52. The van der Waals surface area contributed by atoms with E-state index in [1.165, 1.54) is 18.2 Å². The summed E-state index contributed by atoms with van der Waals surface area (Å²) in [4.78, 5) is 19.5. The second kappa shape index (κ2) is 6.38. The number of aromatic nitrogens is 2. The number of hydrogen-bond acceptors (Lipinski definition) is 2. The molecular formula is C17H15ClFN3O. The summed E-state index contributed by atoms with van der Waals surface area (Å²) >= 11 is 5.93. The first-order chi connectivity index (χ1) is 11.0. The topological polar surface area (TPSA) is 57.8 Å². The highest BCUT2D eigenvalue weighted by Gasteiger charge is 2.08. The van der Waals surface area contributed by atoms with Crippen LogP contribution in [0.15, 0.2) is 36.4 Å². The summed E-state index contributed by atoms with van der Waals surface area (Å²) in [5, 5.41) is 3.09. The molecule has 0 fully saturated rings. The van der Waals surface area contributed by atoms with Gasteiger partial charge in [0.1, 0.15) is 11.6 Å². The van der Waals surface area contributed by atoms with Crippen molar-refractivity contribution in [1.29, 1.82) is 0 Å². The average Bonchev–Trinajstić information content (AvgIpc) is 2.87. The van der Waals surface area contributed by atoms with Crippen molar-refractivity contribution >= 4 is 28.5 Å². The van der Waals surface area contributed by atoms with Gasteiger partial charge >= 0.3 is 0 Å². The van der Waals surface area contributed by atoms with Crippen LogP contribution >= 0.6 is 11.6 Å². The summed E-state index contributed by atoms with van der Waals surface area (Å²) in [6, 6.07) is 9.82. The fraction of sp³-hybridized carbons (Fsp3) is 0.176. The van der Waals surface area contributed by atoms with E-state index in [2.05, 4.69) is 15.3 Å². The first-order valence-corrected chi connectivity index (χ1v) is 7.55. The lowest BCUT2D eigenvalue weighted by Gasteiger charge is -2.07. The Bertz CT molecular complexity index is 875. The highest BCUT2D eigenvalue weighted by atomic mass is 35.5. The number of aromatic amines is 1. The zero-order valence-corrected chi connectivity index (χ0v) is 13.2. The molecule has 0 spiro atoms. The highest BCUT2D eigenvalue weighted by Crippen LogP contribution is 2.18. The molecule has 118 valence electrons. The zero-order valence-electron chi connectivity index (χ0n) is 12.5. The quantitative estimate of drug-likeness (QED) is 0.768. The highest BCUT2D eigenvalue weighted by molar-refractivity contribution is 6.31. The molecule has 0 bridgehead atoms. The smallest absolute Gasteiger partial charge is 0.224 e. The molecule has 0 unspecified atom stereocenters. The number of imidazole rings is 1. The van der Waals surface area contributed by atoms with Gasteiger partial charge in [-0.25, -0.2) is 9.37 Å². The molecule has 0 saturated heterocycles. The van der Waals surface area contributed by atoms with Crippen molar-refractivity contribution in [2.75, 3.05) is 0 Å². The fourth-order valence-corrected chi connectivity index (χ4v) is 2.63. The van der Waals surface area contributed by atoms with Crippen molar-refractivity contribution in [1.82, 2.24) is 15.3 Å². The minimum atomic E-state index is -0.415. The van der Waals surface area contributed by atoms with Crippen LogP contribution in [-0.2, 0) is 17.8 Å². The Morgan fingerprint density at radius 2 is 2.13 bits per heavy atom. The Hall–Kier alpha value is -2.40. The van der Waals surface area contributed by atoms with Gasteiger partial charge in [-0.15, -0.1) is 0 Å². The molecule has 2 N–H and O–H groups in total. The Labute approximate surface area is 137 Å². The second-order valence-corrected chi connectivity index (χ2v) is 5.77. The molecule has 0 saturated carbocycles. The van der Waals surface area contributed by atoms with E-state index in [1.807, 2.05) is 25.1 Å². The van der Waals surface area contributed by atoms with Gasteiger partial charge in [-0.05, 0) is 42.3 Å². The zero-order chi connectivity index (χ0) is 16.4. The number of carbonyl (C=O) groups excluding carboxylic acids is 1. The minimum Gasteiger partial charge on any atom is -0.352 e. The van der Waals surface area contributed by atoms with E-state index in [0.717, 1.165) is 22.4 Å². The number of amides is 1. The number of halogens is 2. The summed E-state index contributed by atoms with van der Waals surface area (Å²) in [5.41, 5.74) is 3.41. The van der Waals surface area contributed by atoms with Gasteiger partial charge in [-0.3, -0.25) is 4.79 Å². The number of nitrogens with one attached hydrogen (secondary N) is 2. The second-order valence-electron chi connectivity index (χ2n) is 5.36. The molecule has 23 heavy (non-hydrogen) atoms. The van der Waals surface area contributed by atoms with Crippen LogP contribution in [0.2, 0.25) is 5.02 Å².